The van der Waals surface area contributed by atoms with Crippen LogP contribution in [0.25, 0.3) is 0 Å². The molecule has 3 rings (SSSR count). The predicted molar refractivity (Wildman–Crippen MR) is 87.3 cm³/mol. The summed E-state index contributed by atoms with van der Waals surface area (Å²) in [6.45, 7) is 6.58. The first kappa shape index (κ1) is 13.5. The zero-order chi connectivity index (χ0) is 14.5. The summed E-state index contributed by atoms with van der Waals surface area (Å²) in [4.78, 5) is 0. The molecule has 1 aliphatic heterocycles. The third kappa shape index (κ3) is 1.92. The first-order valence-electron chi connectivity index (χ1n) is 6.69. The molecule has 0 fully saturated rings. The van der Waals surface area contributed by atoms with Gasteiger partial charge >= 0.3 is 0 Å². The topological polar surface area (TPSA) is 21.3 Å². The molecular formula is C17H18BrNO. The van der Waals surface area contributed by atoms with Crippen LogP contribution in [0.5, 0.6) is 5.75 Å². The lowest BCUT2D eigenvalue weighted by Crippen LogP contribution is -2.26. The minimum atomic E-state index is -0.0985. The van der Waals surface area contributed by atoms with Gasteiger partial charge in [-0.1, -0.05) is 29.8 Å². The Morgan fingerprint density at radius 3 is 2.55 bits per heavy atom. The van der Waals surface area contributed by atoms with Crippen molar-refractivity contribution < 1.29 is 4.74 Å². The van der Waals surface area contributed by atoms with Crippen LogP contribution >= 0.6 is 15.9 Å². The van der Waals surface area contributed by atoms with Crippen molar-refractivity contribution in [1.29, 1.82) is 0 Å². The van der Waals surface area contributed by atoms with Crippen molar-refractivity contribution in [3.63, 3.8) is 0 Å². The average Bonchev–Trinajstić information content (AvgIpc) is 2.38. The molecule has 104 valence electrons. The Morgan fingerprint density at radius 1 is 1.10 bits per heavy atom. The van der Waals surface area contributed by atoms with Gasteiger partial charge in [0.25, 0.3) is 0 Å². The highest BCUT2D eigenvalue weighted by Crippen LogP contribution is 2.49. The Bertz CT molecular complexity index is 692. The third-order valence-corrected chi connectivity index (χ3v) is 4.51. The molecule has 0 aromatic heterocycles. The number of rotatable bonds is 1. The van der Waals surface area contributed by atoms with Crippen molar-refractivity contribution in [2.24, 2.45) is 0 Å². The van der Waals surface area contributed by atoms with E-state index in [1.807, 2.05) is 0 Å². The van der Waals surface area contributed by atoms with Gasteiger partial charge in [-0.05, 0) is 48.4 Å². The predicted octanol–water partition coefficient (Wildman–Crippen LogP) is 5.15. The number of nitrogens with one attached hydrogen (secondary N) is 1. The van der Waals surface area contributed by atoms with Crippen molar-refractivity contribution in [2.45, 2.75) is 26.2 Å². The maximum absolute atomic E-state index is 5.62. The van der Waals surface area contributed by atoms with E-state index < -0.39 is 0 Å². The van der Waals surface area contributed by atoms with E-state index in [1.54, 1.807) is 7.11 Å². The van der Waals surface area contributed by atoms with Crippen LogP contribution in [0.4, 0.5) is 11.4 Å². The number of hydrogen-bond donors (Lipinski definition) is 1. The number of halogens is 1. The number of anilines is 2. The van der Waals surface area contributed by atoms with Crippen molar-refractivity contribution in [3.05, 3.63) is 51.5 Å². The summed E-state index contributed by atoms with van der Waals surface area (Å²) in [5.41, 5.74) is 5.90. The lowest BCUT2D eigenvalue weighted by molar-refractivity contribution is 0.400. The second-order valence-corrected chi connectivity index (χ2v) is 6.75. The molecule has 0 radical (unpaired) electrons. The van der Waals surface area contributed by atoms with Gasteiger partial charge in [0.2, 0.25) is 0 Å². The molecule has 3 heteroatoms. The normalized spacial score (nSPS) is 15.1. The summed E-state index contributed by atoms with van der Waals surface area (Å²) >= 11 is 3.57. The fraction of sp³-hybridized carbons (Fsp3) is 0.294. The van der Waals surface area contributed by atoms with Gasteiger partial charge in [0.15, 0.2) is 0 Å². The highest BCUT2D eigenvalue weighted by molar-refractivity contribution is 9.10. The second kappa shape index (κ2) is 4.52. The molecule has 0 spiro atoms. The molecule has 2 nitrogen and oxygen atoms in total. The average molecular weight is 332 g/mol. The van der Waals surface area contributed by atoms with Gasteiger partial charge in [0.05, 0.1) is 7.11 Å². The molecule has 0 unspecified atom stereocenters. The molecule has 2 aromatic rings. The quantitative estimate of drug-likeness (QED) is 0.780. The smallest absolute Gasteiger partial charge is 0.125 e. The van der Waals surface area contributed by atoms with Crippen molar-refractivity contribution in [3.8, 4) is 5.75 Å². The van der Waals surface area contributed by atoms with E-state index in [2.05, 4.69) is 72.3 Å². The van der Waals surface area contributed by atoms with E-state index in [4.69, 9.17) is 4.74 Å². The number of benzene rings is 2. The Morgan fingerprint density at radius 2 is 1.85 bits per heavy atom. The van der Waals surface area contributed by atoms with Crippen LogP contribution in [-0.4, -0.2) is 7.11 Å². The lowest BCUT2D eigenvalue weighted by Gasteiger charge is -2.37. The summed E-state index contributed by atoms with van der Waals surface area (Å²) in [5, 5.41) is 3.54. The maximum Gasteiger partial charge on any atom is 0.125 e. The monoisotopic (exact) mass is 331 g/mol. The van der Waals surface area contributed by atoms with Crippen LogP contribution in [0.3, 0.4) is 0 Å². The highest BCUT2D eigenvalue weighted by Gasteiger charge is 2.35. The van der Waals surface area contributed by atoms with Crippen LogP contribution in [-0.2, 0) is 5.41 Å². The molecule has 1 N–H and O–H groups in total. The highest BCUT2D eigenvalue weighted by atomic mass is 79.9. The summed E-state index contributed by atoms with van der Waals surface area (Å²) in [5.74, 6) is 0.947. The van der Waals surface area contributed by atoms with Crippen LogP contribution in [0.15, 0.2) is 34.8 Å². The number of ether oxygens (including phenoxy) is 1. The van der Waals surface area contributed by atoms with E-state index >= 15 is 0 Å². The van der Waals surface area contributed by atoms with Gasteiger partial charge in [-0.25, -0.2) is 0 Å². The molecule has 0 bridgehead atoms. The van der Waals surface area contributed by atoms with Crippen molar-refractivity contribution >= 4 is 27.3 Å². The summed E-state index contributed by atoms with van der Waals surface area (Å²) in [7, 11) is 1.74. The zero-order valence-corrected chi connectivity index (χ0v) is 13.8. The molecule has 0 atom stereocenters. The van der Waals surface area contributed by atoms with Crippen LogP contribution in [0.2, 0.25) is 0 Å². The van der Waals surface area contributed by atoms with E-state index in [0.717, 1.165) is 15.9 Å². The fourth-order valence-corrected chi connectivity index (χ4v) is 3.44. The molecule has 1 heterocycles. The Hall–Kier alpha value is -1.48. The van der Waals surface area contributed by atoms with Crippen LogP contribution < -0.4 is 10.1 Å². The molecule has 0 saturated carbocycles. The standard InChI is InChI=1S/C17H18BrNO/c1-10-7-14-16(15(8-10)20-4)17(2,3)12-9-11(18)5-6-13(12)19-14/h5-9,19H,1-4H3. The third-order valence-electron chi connectivity index (χ3n) is 4.02. The van der Waals surface area contributed by atoms with Gasteiger partial charge < -0.3 is 10.1 Å². The fourth-order valence-electron chi connectivity index (χ4n) is 3.08. The molecule has 0 aliphatic carbocycles. The van der Waals surface area contributed by atoms with Crippen LogP contribution in [0, 0.1) is 6.92 Å². The lowest BCUT2D eigenvalue weighted by atomic mass is 9.73. The van der Waals surface area contributed by atoms with Gasteiger partial charge in [0.1, 0.15) is 5.75 Å². The molecule has 0 saturated heterocycles. The van der Waals surface area contributed by atoms with E-state index in [9.17, 15) is 0 Å². The van der Waals surface area contributed by atoms with Crippen LogP contribution in [0.1, 0.15) is 30.5 Å². The Balaban J connectivity index is 2.30. The summed E-state index contributed by atoms with van der Waals surface area (Å²) in [6, 6.07) is 10.7. The first-order valence-corrected chi connectivity index (χ1v) is 7.49. The molecule has 0 amide bonds. The molecule has 2 aromatic carbocycles. The number of aryl methyl sites for hydroxylation is 1. The number of hydrogen-bond acceptors (Lipinski definition) is 2. The first-order chi connectivity index (χ1) is 9.43. The van der Waals surface area contributed by atoms with Gasteiger partial charge in [-0.2, -0.15) is 0 Å². The minimum absolute atomic E-state index is 0.0985. The van der Waals surface area contributed by atoms with Gasteiger partial charge in [0, 0.05) is 26.8 Å². The summed E-state index contributed by atoms with van der Waals surface area (Å²) < 4.78 is 6.72. The van der Waals surface area contributed by atoms with Crippen molar-refractivity contribution in [1.82, 2.24) is 0 Å². The van der Waals surface area contributed by atoms with Gasteiger partial charge in [-0.15, -0.1) is 0 Å². The number of fused-ring (bicyclic) bond motifs is 2. The van der Waals surface area contributed by atoms with E-state index in [0.29, 0.717) is 0 Å². The Kier molecular flexibility index (Phi) is 3.05. The SMILES string of the molecule is COc1cc(C)cc2c1C(C)(C)c1cc(Br)ccc1N2. The summed E-state index contributed by atoms with van der Waals surface area (Å²) in [6.07, 6.45) is 0. The van der Waals surface area contributed by atoms with Crippen molar-refractivity contribution in [2.75, 3.05) is 12.4 Å². The minimum Gasteiger partial charge on any atom is -0.496 e. The van der Waals surface area contributed by atoms with Gasteiger partial charge in [-0.3, -0.25) is 0 Å². The molecule has 1 aliphatic rings. The largest absolute Gasteiger partial charge is 0.496 e. The Labute approximate surface area is 128 Å². The second-order valence-electron chi connectivity index (χ2n) is 5.83. The zero-order valence-electron chi connectivity index (χ0n) is 12.2. The molecule has 20 heavy (non-hydrogen) atoms. The molecular weight excluding hydrogens is 314 g/mol. The van der Waals surface area contributed by atoms with E-state index in [1.165, 1.54) is 22.4 Å². The van der Waals surface area contributed by atoms with E-state index in [-0.39, 0.29) is 5.41 Å². The number of methoxy groups -OCH3 is 1. The maximum atomic E-state index is 5.62.